The summed E-state index contributed by atoms with van der Waals surface area (Å²) in [4.78, 5) is 0. The summed E-state index contributed by atoms with van der Waals surface area (Å²) in [7, 11) is 0. The first-order chi connectivity index (χ1) is 3.39. The van der Waals surface area contributed by atoms with Crippen LogP contribution in [0.15, 0.2) is 0 Å². The second kappa shape index (κ2) is 4.52. The van der Waals surface area contributed by atoms with Gasteiger partial charge in [-0.25, -0.2) is 0 Å². The van der Waals surface area contributed by atoms with Gasteiger partial charge in [0.25, 0.3) is 0 Å². The van der Waals surface area contributed by atoms with E-state index in [9.17, 15) is 0 Å². The van der Waals surface area contributed by atoms with E-state index in [-0.39, 0.29) is 21.1 Å². The molecule has 0 N–H and O–H groups in total. The molecule has 1 aliphatic rings. The molecule has 0 amide bonds. The van der Waals surface area contributed by atoms with Crippen molar-refractivity contribution in [3.8, 4) is 0 Å². The van der Waals surface area contributed by atoms with Crippen molar-refractivity contribution in [3.63, 3.8) is 0 Å². The van der Waals surface area contributed by atoms with E-state index in [1.165, 1.54) is 12.8 Å². The van der Waals surface area contributed by atoms with Gasteiger partial charge in [0.15, 0.2) is 0 Å². The number of nitrogens with zero attached hydrogens (tertiary/aromatic N) is 1. The van der Waals surface area contributed by atoms with Crippen LogP contribution in [0.3, 0.4) is 0 Å². The van der Waals surface area contributed by atoms with Gasteiger partial charge in [-0.15, -0.1) is 13.1 Å². The fourth-order valence-corrected chi connectivity index (χ4v) is 0.879. The summed E-state index contributed by atoms with van der Waals surface area (Å²) in [5, 5.41) is 4.23. The summed E-state index contributed by atoms with van der Waals surface area (Å²) in [5.74, 6) is 0.942. The summed E-state index contributed by atoms with van der Waals surface area (Å²) >= 11 is 0. The second-order valence-electron chi connectivity index (χ2n) is 2.35. The zero-order valence-electron chi connectivity index (χ0n) is 5.26. The predicted molar refractivity (Wildman–Crippen MR) is 31.5 cm³/mol. The smallest absolute Gasteiger partial charge is 0 e. The molecule has 1 nitrogen and oxygen atoms in total. The molecule has 0 aromatic carbocycles. The Morgan fingerprint density at radius 1 is 1.25 bits per heavy atom. The first-order valence-electron chi connectivity index (χ1n) is 3.03. The van der Waals surface area contributed by atoms with E-state index in [4.69, 9.17) is 0 Å². The van der Waals surface area contributed by atoms with Gasteiger partial charge in [0, 0.05) is 21.1 Å². The van der Waals surface area contributed by atoms with Crippen molar-refractivity contribution < 1.29 is 21.1 Å². The maximum atomic E-state index is 4.23. The third-order valence-corrected chi connectivity index (χ3v) is 1.56. The molecule has 0 bridgehead atoms. The van der Waals surface area contributed by atoms with Crippen molar-refractivity contribution in [1.82, 2.24) is 0 Å². The Kier molecular flexibility index (Phi) is 4.89. The molecule has 0 aromatic rings. The Labute approximate surface area is 65.5 Å². The molecule has 2 heteroatoms. The Morgan fingerprint density at radius 2 is 1.75 bits per heavy atom. The molecular formula is C6H12NW-. The Bertz CT molecular complexity index is 50.5. The summed E-state index contributed by atoms with van der Waals surface area (Å²) in [6, 6.07) is 0. The second-order valence-corrected chi connectivity index (χ2v) is 2.35. The molecule has 0 aliphatic carbocycles. The number of hydrogen-bond acceptors (Lipinski definition) is 0. The quantitative estimate of drug-likeness (QED) is 0.643. The molecule has 8 heavy (non-hydrogen) atoms. The van der Waals surface area contributed by atoms with Crippen LogP contribution in [-0.2, 0) is 21.1 Å². The normalized spacial score (nSPS) is 22.1. The molecule has 0 spiro atoms. The molecule has 1 saturated heterocycles. The van der Waals surface area contributed by atoms with Crippen LogP contribution in [-0.4, -0.2) is 13.1 Å². The van der Waals surface area contributed by atoms with Crippen LogP contribution in [0.2, 0.25) is 0 Å². The third kappa shape index (κ3) is 2.84. The summed E-state index contributed by atoms with van der Waals surface area (Å²) < 4.78 is 0. The van der Waals surface area contributed by atoms with E-state index < -0.39 is 0 Å². The van der Waals surface area contributed by atoms with E-state index >= 15 is 0 Å². The van der Waals surface area contributed by atoms with Gasteiger partial charge in [-0.05, 0) is 5.92 Å². The Hall–Kier alpha value is 0.648. The molecule has 0 aromatic heterocycles. The van der Waals surface area contributed by atoms with Gasteiger partial charge in [0.05, 0.1) is 0 Å². The Morgan fingerprint density at radius 3 is 2.00 bits per heavy atom. The minimum absolute atomic E-state index is 0. The minimum Gasteiger partial charge on any atom is -0.662 e. The van der Waals surface area contributed by atoms with Crippen molar-refractivity contribution in [3.05, 3.63) is 5.32 Å². The molecular weight excluding hydrogens is 270 g/mol. The van der Waals surface area contributed by atoms with E-state index in [0.717, 1.165) is 19.0 Å². The molecule has 1 rings (SSSR count). The van der Waals surface area contributed by atoms with E-state index in [2.05, 4.69) is 12.2 Å². The van der Waals surface area contributed by atoms with Crippen LogP contribution in [0.4, 0.5) is 0 Å². The summed E-state index contributed by atoms with van der Waals surface area (Å²) in [6.45, 7) is 4.52. The molecule has 1 heterocycles. The first-order valence-corrected chi connectivity index (χ1v) is 3.03. The van der Waals surface area contributed by atoms with Crippen LogP contribution < -0.4 is 0 Å². The summed E-state index contributed by atoms with van der Waals surface area (Å²) in [6.07, 6.45) is 2.64. The van der Waals surface area contributed by atoms with Gasteiger partial charge in [-0.1, -0.05) is 19.8 Å². The topological polar surface area (TPSA) is 14.1 Å². The van der Waals surface area contributed by atoms with Gasteiger partial charge in [0.1, 0.15) is 0 Å². The molecule has 0 atom stereocenters. The molecule has 0 saturated carbocycles. The van der Waals surface area contributed by atoms with Gasteiger partial charge in [-0.2, -0.15) is 0 Å². The third-order valence-electron chi connectivity index (χ3n) is 1.56. The maximum absolute atomic E-state index is 4.23. The molecule has 1 fully saturated rings. The van der Waals surface area contributed by atoms with E-state index in [1.54, 1.807) is 0 Å². The van der Waals surface area contributed by atoms with E-state index in [1.807, 2.05) is 0 Å². The predicted octanol–water partition coefficient (Wildman–Crippen LogP) is 1.79. The minimum atomic E-state index is 0. The monoisotopic (exact) mass is 282 g/mol. The van der Waals surface area contributed by atoms with E-state index in [0.29, 0.717) is 0 Å². The van der Waals surface area contributed by atoms with Gasteiger partial charge < -0.3 is 5.32 Å². The number of hydrogen-bond donors (Lipinski definition) is 0. The summed E-state index contributed by atoms with van der Waals surface area (Å²) in [5.41, 5.74) is 0. The zero-order chi connectivity index (χ0) is 5.11. The molecule has 0 radical (unpaired) electrons. The van der Waals surface area contributed by atoms with Gasteiger partial charge >= 0.3 is 0 Å². The van der Waals surface area contributed by atoms with Crippen molar-refractivity contribution in [2.75, 3.05) is 13.1 Å². The van der Waals surface area contributed by atoms with Crippen molar-refractivity contribution in [1.29, 1.82) is 0 Å². The van der Waals surface area contributed by atoms with Crippen molar-refractivity contribution in [2.45, 2.75) is 19.8 Å². The van der Waals surface area contributed by atoms with Crippen LogP contribution >= 0.6 is 0 Å². The Balaban J connectivity index is 0.000000490. The first kappa shape index (κ1) is 8.65. The number of rotatable bonds is 0. The largest absolute Gasteiger partial charge is 0.662 e. The zero-order valence-corrected chi connectivity index (χ0v) is 8.19. The van der Waals surface area contributed by atoms with Crippen LogP contribution in [0, 0.1) is 5.92 Å². The van der Waals surface area contributed by atoms with Gasteiger partial charge in [0.2, 0.25) is 0 Å². The molecule has 0 unspecified atom stereocenters. The van der Waals surface area contributed by atoms with Crippen molar-refractivity contribution in [2.24, 2.45) is 5.92 Å². The van der Waals surface area contributed by atoms with Crippen LogP contribution in [0.1, 0.15) is 19.8 Å². The van der Waals surface area contributed by atoms with Gasteiger partial charge in [-0.3, -0.25) is 0 Å². The average Bonchev–Trinajstić information content (AvgIpc) is 1.69. The van der Waals surface area contributed by atoms with Crippen LogP contribution in [0.5, 0.6) is 0 Å². The molecule has 48 valence electrons. The van der Waals surface area contributed by atoms with Crippen molar-refractivity contribution >= 4 is 0 Å². The maximum Gasteiger partial charge on any atom is 0 e. The molecule has 1 aliphatic heterocycles. The fourth-order valence-electron chi connectivity index (χ4n) is 0.879. The average molecular weight is 282 g/mol. The SMILES string of the molecule is CC1CC[N-]CC1.[W]. The van der Waals surface area contributed by atoms with Crippen LogP contribution in [0.25, 0.3) is 5.32 Å². The fraction of sp³-hybridized carbons (Fsp3) is 1.00. The standard InChI is InChI=1S/C6H12N.W/c1-6-2-4-7-5-3-6;/h6H,2-5H2,1H3;/q-1;. The number of piperidine rings is 1.